The van der Waals surface area contributed by atoms with E-state index in [1.54, 1.807) is 0 Å². The maximum atomic E-state index is 12.3. The summed E-state index contributed by atoms with van der Waals surface area (Å²) in [6.45, 7) is 1.87. The molecule has 0 saturated carbocycles. The third-order valence-electron chi connectivity index (χ3n) is 3.25. The summed E-state index contributed by atoms with van der Waals surface area (Å²) in [5.74, 6) is 0. The predicted octanol–water partition coefficient (Wildman–Crippen LogP) is 0.544. The molecule has 0 aliphatic carbocycles. The highest BCUT2D eigenvalue weighted by molar-refractivity contribution is 4.82. The molecule has 0 amide bonds. The Bertz CT molecular complexity index is 211. The van der Waals surface area contributed by atoms with E-state index in [0.717, 1.165) is 25.8 Å². The third-order valence-corrected chi connectivity index (χ3v) is 3.25. The summed E-state index contributed by atoms with van der Waals surface area (Å²) in [6.07, 6.45) is 2.18. The fraction of sp³-hybridized carbons (Fsp3) is 1.00. The summed E-state index contributed by atoms with van der Waals surface area (Å²) in [4.78, 5) is 2.10. The summed E-state index contributed by atoms with van der Waals surface area (Å²) >= 11 is 0. The number of aliphatic hydroxyl groups is 1. The molecule has 4 nitrogen and oxygen atoms in total. The van der Waals surface area contributed by atoms with Gasteiger partial charge in [-0.2, -0.15) is 0 Å². The molecule has 2 rings (SSSR count). The molecule has 0 radical (unpaired) electrons. The quantitative estimate of drug-likeness (QED) is 0.769. The van der Waals surface area contributed by atoms with Crippen LogP contribution in [0.2, 0.25) is 0 Å². The van der Waals surface area contributed by atoms with E-state index in [0.29, 0.717) is 19.8 Å². The number of halogens is 1. The molecule has 2 heterocycles. The van der Waals surface area contributed by atoms with Crippen LogP contribution in [0, 0.1) is 0 Å². The Balaban J connectivity index is 1.90. The van der Waals surface area contributed by atoms with E-state index in [4.69, 9.17) is 9.47 Å². The van der Waals surface area contributed by atoms with Gasteiger partial charge >= 0.3 is 0 Å². The normalized spacial score (nSPS) is 30.8. The topological polar surface area (TPSA) is 41.9 Å². The molecule has 0 bridgehead atoms. The highest BCUT2D eigenvalue weighted by atomic mass is 19.1. The Morgan fingerprint density at radius 2 is 2.06 bits per heavy atom. The van der Waals surface area contributed by atoms with Crippen LogP contribution in [0.4, 0.5) is 4.39 Å². The van der Waals surface area contributed by atoms with Gasteiger partial charge in [0.1, 0.15) is 6.67 Å². The van der Waals surface area contributed by atoms with Crippen molar-refractivity contribution in [2.45, 2.75) is 37.7 Å². The van der Waals surface area contributed by atoms with Gasteiger partial charge in [-0.15, -0.1) is 0 Å². The van der Waals surface area contributed by atoms with Crippen molar-refractivity contribution >= 4 is 0 Å². The summed E-state index contributed by atoms with van der Waals surface area (Å²) in [5.41, 5.74) is 0. The van der Waals surface area contributed by atoms with Crippen LogP contribution in [0.15, 0.2) is 0 Å². The van der Waals surface area contributed by atoms with Gasteiger partial charge in [0.25, 0.3) is 0 Å². The van der Waals surface area contributed by atoms with Gasteiger partial charge in [-0.05, 0) is 19.4 Å². The zero-order valence-corrected chi connectivity index (χ0v) is 9.48. The van der Waals surface area contributed by atoms with Crippen molar-refractivity contribution in [3.05, 3.63) is 0 Å². The van der Waals surface area contributed by atoms with E-state index >= 15 is 0 Å². The lowest BCUT2D eigenvalue weighted by molar-refractivity contribution is -0.115. The van der Waals surface area contributed by atoms with Crippen molar-refractivity contribution in [1.82, 2.24) is 4.90 Å². The van der Waals surface area contributed by atoms with Crippen LogP contribution in [0.25, 0.3) is 0 Å². The van der Waals surface area contributed by atoms with E-state index < -0.39 is 12.8 Å². The van der Waals surface area contributed by atoms with Crippen LogP contribution in [0.1, 0.15) is 19.3 Å². The molecular weight excluding hydrogens is 213 g/mol. The van der Waals surface area contributed by atoms with Gasteiger partial charge in [-0.25, -0.2) is 4.39 Å². The number of rotatable bonds is 4. The van der Waals surface area contributed by atoms with Gasteiger partial charge in [-0.1, -0.05) is 6.42 Å². The lowest BCUT2D eigenvalue weighted by atomic mass is 10.0. The number of aliphatic hydroxyl groups excluding tert-OH is 1. The Kier molecular flexibility index (Phi) is 4.52. The van der Waals surface area contributed by atoms with Gasteiger partial charge in [0, 0.05) is 6.54 Å². The Labute approximate surface area is 95.3 Å². The van der Waals surface area contributed by atoms with E-state index in [1.165, 1.54) is 0 Å². The molecule has 0 aromatic carbocycles. The molecule has 2 aliphatic heterocycles. The Morgan fingerprint density at radius 3 is 2.75 bits per heavy atom. The van der Waals surface area contributed by atoms with Crippen LogP contribution >= 0.6 is 0 Å². The number of ether oxygens (including phenoxy) is 2. The van der Waals surface area contributed by atoms with E-state index in [2.05, 4.69) is 4.90 Å². The fourth-order valence-electron chi connectivity index (χ4n) is 2.47. The first kappa shape index (κ1) is 12.2. The second-order valence-electron chi connectivity index (χ2n) is 4.48. The zero-order chi connectivity index (χ0) is 11.4. The molecule has 16 heavy (non-hydrogen) atoms. The van der Waals surface area contributed by atoms with Gasteiger partial charge in [0.15, 0.2) is 6.29 Å². The molecule has 0 spiro atoms. The number of likely N-dealkylation sites (tertiary alicyclic amines) is 1. The smallest absolute Gasteiger partial charge is 0.173 e. The van der Waals surface area contributed by atoms with E-state index in [-0.39, 0.29) is 12.3 Å². The molecule has 1 N–H and O–H groups in total. The number of hydrogen-bond donors (Lipinski definition) is 1. The molecule has 5 heteroatoms. The fourth-order valence-corrected chi connectivity index (χ4v) is 2.47. The van der Waals surface area contributed by atoms with Crippen LogP contribution in [-0.4, -0.2) is 61.4 Å². The van der Waals surface area contributed by atoms with Gasteiger partial charge in [0.05, 0.1) is 25.4 Å². The summed E-state index contributed by atoms with van der Waals surface area (Å²) < 4.78 is 23.3. The SMILES string of the molecule is OC(CF)CN1CCCCC1C1OCCO1. The maximum absolute atomic E-state index is 12.3. The number of nitrogens with zero attached hydrogens (tertiary/aromatic N) is 1. The second-order valence-corrected chi connectivity index (χ2v) is 4.48. The number of alkyl halides is 1. The first-order valence-electron chi connectivity index (χ1n) is 6.02. The molecule has 2 aliphatic rings. The van der Waals surface area contributed by atoms with Crippen molar-refractivity contribution in [2.75, 3.05) is 33.0 Å². The van der Waals surface area contributed by atoms with Gasteiger partial charge in [0.2, 0.25) is 0 Å². The van der Waals surface area contributed by atoms with Crippen LogP contribution in [-0.2, 0) is 9.47 Å². The zero-order valence-electron chi connectivity index (χ0n) is 9.48. The summed E-state index contributed by atoms with van der Waals surface area (Å²) in [6, 6.07) is 0.178. The second kappa shape index (κ2) is 5.91. The first-order valence-corrected chi connectivity index (χ1v) is 6.02. The highest BCUT2D eigenvalue weighted by Crippen LogP contribution is 2.24. The lowest BCUT2D eigenvalue weighted by Crippen LogP contribution is -2.50. The maximum Gasteiger partial charge on any atom is 0.173 e. The minimum atomic E-state index is -0.887. The number of β-amino-alcohol motifs (C(OH)–C–C–N with tert-alkyl or cyclic N) is 1. The summed E-state index contributed by atoms with van der Waals surface area (Å²) in [5, 5.41) is 9.37. The van der Waals surface area contributed by atoms with E-state index in [1.807, 2.05) is 0 Å². The molecule has 2 saturated heterocycles. The summed E-state index contributed by atoms with van der Waals surface area (Å²) in [7, 11) is 0. The molecule has 2 unspecified atom stereocenters. The molecule has 0 aromatic rings. The van der Waals surface area contributed by atoms with E-state index in [9.17, 15) is 9.50 Å². The molecule has 2 fully saturated rings. The Morgan fingerprint density at radius 1 is 1.31 bits per heavy atom. The minimum absolute atomic E-state index is 0.178. The standard InChI is InChI=1S/C11H20FNO3/c12-7-9(14)8-13-4-2-1-3-10(13)11-15-5-6-16-11/h9-11,14H,1-8H2. The minimum Gasteiger partial charge on any atom is -0.389 e. The highest BCUT2D eigenvalue weighted by Gasteiger charge is 2.34. The molecule has 94 valence electrons. The lowest BCUT2D eigenvalue weighted by Gasteiger charge is -2.38. The number of hydrogen-bond acceptors (Lipinski definition) is 4. The van der Waals surface area contributed by atoms with Crippen LogP contribution in [0.3, 0.4) is 0 Å². The van der Waals surface area contributed by atoms with Gasteiger partial charge in [-0.3, -0.25) is 4.90 Å². The monoisotopic (exact) mass is 233 g/mol. The third kappa shape index (κ3) is 2.91. The number of piperidine rings is 1. The van der Waals surface area contributed by atoms with Crippen molar-refractivity contribution in [3.63, 3.8) is 0 Å². The predicted molar refractivity (Wildman–Crippen MR) is 56.9 cm³/mol. The van der Waals surface area contributed by atoms with Crippen molar-refractivity contribution in [3.8, 4) is 0 Å². The molecule has 0 aromatic heterocycles. The van der Waals surface area contributed by atoms with Crippen LogP contribution < -0.4 is 0 Å². The molecule has 2 atom stereocenters. The van der Waals surface area contributed by atoms with Gasteiger partial charge < -0.3 is 14.6 Å². The largest absolute Gasteiger partial charge is 0.389 e. The van der Waals surface area contributed by atoms with Crippen molar-refractivity contribution in [2.24, 2.45) is 0 Å². The molecular formula is C11H20FNO3. The first-order chi connectivity index (χ1) is 7.81. The average molecular weight is 233 g/mol. The Hall–Kier alpha value is -0.230. The van der Waals surface area contributed by atoms with Crippen LogP contribution in [0.5, 0.6) is 0 Å². The van der Waals surface area contributed by atoms with Crippen molar-refractivity contribution in [1.29, 1.82) is 0 Å². The average Bonchev–Trinajstić information content (AvgIpc) is 2.83. The van der Waals surface area contributed by atoms with Crippen molar-refractivity contribution < 1.29 is 19.0 Å².